The van der Waals surface area contributed by atoms with Gasteiger partial charge in [0, 0.05) is 91.8 Å². The second-order valence-electron chi connectivity index (χ2n) is 32.6. The topological polar surface area (TPSA) is 293 Å². The van der Waals surface area contributed by atoms with Crippen LogP contribution in [-0.4, -0.2) is 123 Å². The normalized spacial score (nSPS) is 22.4. The van der Waals surface area contributed by atoms with Crippen LogP contribution in [0.1, 0.15) is 218 Å². The van der Waals surface area contributed by atoms with Gasteiger partial charge in [0.05, 0.1) is 57.1 Å². The van der Waals surface area contributed by atoms with Crippen molar-refractivity contribution in [3.05, 3.63) is 165 Å². The van der Waals surface area contributed by atoms with E-state index in [1.165, 1.54) is 22.3 Å². The molecule has 0 spiro atoms. The molecule has 8 atom stereocenters. The molecule has 586 valence electrons. The Bertz CT molecular complexity index is 4290. The van der Waals surface area contributed by atoms with Gasteiger partial charge < -0.3 is 50.6 Å². The average Bonchev–Trinajstić information content (AvgIpc) is 0.722. The number of hydrogen-bond acceptors (Lipinski definition) is 15. The van der Waals surface area contributed by atoms with Gasteiger partial charge in [0.15, 0.2) is 5.78 Å². The summed E-state index contributed by atoms with van der Waals surface area (Å²) in [5.74, 6) is 4.38. The van der Waals surface area contributed by atoms with Crippen molar-refractivity contribution in [2.75, 3.05) is 63.0 Å². The molecule has 1 aliphatic heterocycles. The van der Waals surface area contributed by atoms with Crippen molar-refractivity contribution >= 4 is 70.0 Å². The molecule has 1 heterocycles. The van der Waals surface area contributed by atoms with Gasteiger partial charge >= 0.3 is 12.1 Å². The van der Waals surface area contributed by atoms with Crippen LogP contribution in [0.25, 0.3) is 0 Å². The van der Waals surface area contributed by atoms with Crippen molar-refractivity contribution in [3.63, 3.8) is 0 Å². The summed E-state index contributed by atoms with van der Waals surface area (Å²) in [6, 6.07) is 32.7. The molecule has 5 aliphatic carbocycles. The van der Waals surface area contributed by atoms with E-state index < -0.39 is 58.6 Å². The van der Waals surface area contributed by atoms with E-state index in [4.69, 9.17) is 24.7 Å². The van der Waals surface area contributed by atoms with Gasteiger partial charge in [0.1, 0.15) is 41.6 Å². The zero-order valence-corrected chi connectivity index (χ0v) is 64.9. The highest BCUT2D eigenvalue weighted by molar-refractivity contribution is 6.09. The number of carbonyl (C=O) groups excluding carboxylic acids is 10. The van der Waals surface area contributed by atoms with Crippen LogP contribution in [0.4, 0.5) is 21.0 Å². The van der Waals surface area contributed by atoms with Gasteiger partial charge in [-0.1, -0.05) is 143 Å². The first-order valence-corrected chi connectivity index (χ1v) is 40.0. The van der Waals surface area contributed by atoms with Crippen LogP contribution in [-0.2, 0) is 101 Å². The van der Waals surface area contributed by atoms with Gasteiger partial charge in [-0.3, -0.25) is 38.4 Å². The van der Waals surface area contributed by atoms with Gasteiger partial charge in [-0.05, 0) is 189 Å². The predicted molar refractivity (Wildman–Crippen MR) is 419 cm³/mol. The number of urea groups is 1. The molecule has 110 heavy (non-hydrogen) atoms. The standard InChI is InChI=1S/C90H111N5O15/c1-60-23-27-64-31-36-76-86(2,71(64)52-60)39-13-41-88(76,4)79(100)56-80(101)89(5)42-14-40-87(3)72-53-62(24-28-65(72)32-37-77(87)89)54-75(98)73(58-96)94-85(106)110-59-61-25-33-69(34-26-61)93-83(104)67(19-10-45-92-84(91)105)55-81(102)90(43-15-44-90)78(99)22-12-47-108-49-51-109-50-48-107-46-11-20-70(97)35-38-82(103)95-57-68-18-7-6-16-63(68)29-30-66-17-8-9-21-74(66)95/h6-9,16-18,21,23-28,33-34,52-53,67,73,76-77,96H,10-15,19-20,22,31-32,35-51,54-59H2,1-5H3,(H,93,104)(H,94,106)(H3,91,92,105)/t67-,73+,76-,77-,86-,87-,88+,89+/m1/s1. The number of rotatable bonds is 38. The number of para-hydroxylation sites is 1. The lowest BCUT2D eigenvalue weighted by Gasteiger charge is -2.56. The quantitative estimate of drug-likeness (QED) is 0.0139. The number of amides is 5. The third kappa shape index (κ3) is 19.1. The van der Waals surface area contributed by atoms with E-state index in [1.807, 2.05) is 54.6 Å². The third-order valence-electron chi connectivity index (χ3n) is 25.4. The van der Waals surface area contributed by atoms with Gasteiger partial charge in [-0.2, -0.15) is 0 Å². The molecule has 0 bridgehead atoms. The molecular formula is C90H111N5O15. The number of aryl methyl sites for hydroxylation is 3. The number of primary amides is 1. The first kappa shape index (κ1) is 82.0. The number of aliphatic hydroxyl groups excluding tert-OH is 1. The Balaban J connectivity index is 0.578. The van der Waals surface area contributed by atoms with E-state index in [1.54, 1.807) is 29.2 Å². The van der Waals surface area contributed by atoms with E-state index in [0.717, 1.165) is 97.7 Å². The number of Topliss-reactive ketones (excluding diaryl/α,β-unsaturated/α-hetero) is 6. The number of nitrogens with two attached hydrogens (primary N) is 1. The van der Waals surface area contributed by atoms with E-state index in [2.05, 4.69) is 92.7 Å². The summed E-state index contributed by atoms with van der Waals surface area (Å²) < 4.78 is 22.6. The first-order valence-electron chi connectivity index (χ1n) is 40.0. The van der Waals surface area contributed by atoms with Crippen LogP contribution in [0.15, 0.2) is 109 Å². The molecule has 0 radical (unpaired) electrons. The molecule has 5 aromatic carbocycles. The number of aliphatic hydroxyl groups is 1. The number of ether oxygens (including phenoxy) is 4. The summed E-state index contributed by atoms with van der Waals surface area (Å²) in [5.41, 5.74) is 13.6. The summed E-state index contributed by atoms with van der Waals surface area (Å²) in [6.45, 7) is 12.6. The Morgan fingerprint density at radius 2 is 1.18 bits per heavy atom. The van der Waals surface area contributed by atoms with Gasteiger partial charge in [0.2, 0.25) is 11.8 Å². The van der Waals surface area contributed by atoms with Crippen LogP contribution >= 0.6 is 0 Å². The summed E-state index contributed by atoms with van der Waals surface area (Å²) in [5, 5.41) is 18.4. The molecule has 20 nitrogen and oxygen atoms in total. The lowest BCUT2D eigenvalue weighted by atomic mass is 9.47. The van der Waals surface area contributed by atoms with Gasteiger partial charge in [-0.15, -0.1) is 0 Å². The Morgan fingerprint density at radius 3 is 1.82 bits per heavy atom. The van der Waals surface area contributed by atoms with E-state index in [-0.39, 0.29) is 129 Å². The highest BCUT2D eigenvalue weighted by Gasteiger charge is 2.59. The predicted octanol–water partition coefficient (Wildman–Crippen LogP) is 13.3. The Hall–Kier alpha value is -9.00. The summed E-state index contributed by atoms with van der Waals surface area (Å²) in [7, 11) is 0. The fourth-order valence-corrected chi connectivity index (χ4v) is 19.0. The van der Waals surface area contributed by atoms with Crippen LogP contribution in [0.5, 0.6) is 0 Å². The number of benzene rings is 5. The molecule has 5 amide bonds. The second kappa shape index (κ2) is 36.9. The maximum absolute atomic E-state index is 15.0. The van der Waals surface area contributed by atoms with E-state index >= 15 is 0 Å². The minimum absolute atomic E-state index is 0.00662. The van der Waals surface area contributed by atoms with E-state index in [0.29, 0.717) is 89.2 Å². The van der Waals surface area contributed by atoms with Crippen molar-refractivity contribution in [3.8, 4) is 11.8 Å². The zero-order valence-electron chi connectivity index (χ0n) is 64.9. The molecule has 5 aromatic rings. The maximum atomic E-state index is 15.0. The number of ketones is 6. The lowest BCUT2D eigenvalue weighted by Crippen LogP contribution is -2.55. The number of hydrogen-bond donors (Lipinski definition) is 5. The van der Waals surface area contributed by atoms with E-state index in [9.17, 15) is 53.1 Å². The molecule has 6 aliphatic rings. The molecule has 0 unspecified atom stereocenters. The van der Waals surface area contributed by atoms with Crippen LogP contribution in [0.3, 0.4) is 0 Å². The van der Waals surface area contributed by atoms with Crippen molar-refractivity contribution < 1.29 is 72.0 Å². The molecule has 6 N–H and O–H groups in total. The molecule has 3 saturated carbocycles. The fraction of sp³-hybridized carbons (Fsp3) is 0.533. The van der Waals surface area contributed by atoms with Crippen molar-refractivity contribution in [2.24, 2.45) is 39.7 Å². The van der Waals surface area contributed by atoms with Crippen molar-refractivity contribution in [2.45, 2.75) is 219 Å². The van der Waals surface area contributed by atoms with Crippen molar-refractivity contribution in [1.82, 2.24) is 10.6 Å². The minimum Gasteiger partial charge on any atom is -0.445 e. The summed E-state index contributed by atoms with van der Waals surface area (Å²) in [4.78, 5) is 139. The third-order valence-corrected chi connectivity index (χ3v) is 25.4. The Kier molecular flexibility index (Phi) is 27.5. The Labute approximate surface area is 647 Å². The van der Waals surface area contributed by atoms with Crippen LogP contribution in [0.2, 0.25) is 0 Å². The number of fused-ring (bicyclic) bond motifs is 8. The summed E-state index contributed by atoms with van der Waals surface area (Å²) in [6.07, 6.45) is 11.0. The number of nitrogens with one attached hydrogen (secondary N) is 3. The average molecular weight is 1500 g/mol. The van der Waals surface area contributed by atoms with Crippen molar-refractivity contribution in [1.29, 1.82) is 0 Å². The monoisotopic (exact) mass is 1500 g/mol. The number of alkyl carbamates (subject to hydrolysis) is 1. The molecule has 3 fully saturated rings. The fourth-order valence-electron chi connectivity index (χ4n) is 19.0. The highest BCUT2D eigenvalue weighted by Crippen LogP contribution is 2.61. The number of anilines is 2. The SMILES string of the molecule is Cc1ccc2c(c1)[C@@]1(C)CCC[C@](C)(C(=O)CC(=O)[C@@]3(C)CCC[C@]4(C)c5cc(CC(=O)[C@H](CO)NC(=O)OCc6ccc(NC(=O)[C@H](CCCNC(N)=O)CC(=O)C7(C(=O)CCCOCCOCCOCCCC(=O)CCC(=O)N8Cc9ccccc9C#Cc9ccccc98)CCC7)cc6)ccc5CC[C@@H]34)[C@@H]1CC2. The largest absolute Gasteiger partial charge is 0.445 e. The molecule has 11 rings (SSSR count). The second-order valence-corrected chi connectivity index (χ2v) is 32.6. The minimum atomic E-state index is -1.26. The lowest BCUT2D eigenvalue weighted by molar-refractivity contribution is -0.149. The van der Waals surface area contributed by atoms with Crippen LogP contribution < -0.4 is 26.6 Å². The molecule has 0 aromatic heterocycles. The van der Waals surface area contributed by atoms with Gasteiger partial charge in [-0.25, -0.2) is 9.59 Å². The highest BCUT2D eigenvalue weighted by atomic mass is 16.6. The molecule has 0 saturated heterocycles. The Morgan fingerprint density at radius 1 is 0.600 bits per heavy atom. The maximum Gasteiger partial charge on any atom is 0.408 e. The first-order chi connectivity index (χ1) is 52.9. The van der Waals surface area contributed by atoms with Crippen LogP contribution in [0, 0.1) is 52.8 Å². The smallest absolute Gasteiger partial charge is 0.408 e. The zero-order chi connectivity index (χ0) is 78.2. The number of carbonyl (C=O) groups is 10. The molecule has 20 heteroatoms. The summed E-state index contributed by atoms with van der Waals surface area (Å²) >= 11 is 0. The van der Waals surface area contributed by atoms with Gasteiger partial charge in [0.25, 0.3) is 0 Å². The number of nitrogens with zero attached hydrogens (tertiary/aromatic N) is 1. The molecular weight excluding hydrogens is 1390 g/mol.